The molecular formula is C18H16N4O4S. The van der Waals surface area contributed by atoms with Gasteiger partial charge in [-0.25, -0.2) is 8.95 Å². The number of carbonyl (C=O) groups is 1. The Morgan fingerprint density at radius 1 is 1.22 bits per heavy atom. The predicted octanol–water partition coefficient (Wildman–Crippen LogP) is 2.97. The van der Waals surface area contributed by atoms with Crippen LogP contribution in [0, 0.1) is 10.1 Å². The molecule has 1 heterocycles. The molecule has 0 amide bonds. The monoisotopic (exact) mass is 384 g/mol. The number of carbonyl (C=O) groups excluding carboxylic acids is 1. The summed E-state index contributed by atoms with van der Waals surface area (Å²) in [5.41, 5.74) is 1.59. The number of non-ortho nitro benzene ring substituents is 1. The Bertz CT molecular complexity index is 1010. The van der Waals surface area contributed by atoms with E-state index in [0.717, 1.165) is 11.3 Å². The minimum atomic E-state index is -0.445. The van der Waals surface area contributed by atoms with E-state index in [1.165, 1.54) is 23.7 Å². The lowest BCUT2D eigenvalue weighted by molar-refractivity contribution is -0.384. The lowest BCUT2D eigenvalue weighted by atomic mass is 10.2. The minimum absolute atomic E-state index is 0.0114. The molecule has 3 rings (SSSR count). The fraction of sp³-hybridized carbons (Fsp3) is 0.167. The third-order valence-corrected chi connectivity index (χ3v) is 4.49. The second-order valence-corrected chi connectivity index (χ2v) is 6.28. The van der Waals surface area contributed by atoms with E-state index in [1.54, 1.807) is 19.1 Å². The van der Waals surface area contributed by atoms with Gasteiger partial charge in [0.05, 0.1) is 17.2 Å². The maximum atomic E-state index is 11.5. The van der Waals surface area contributed by atoms with E-state index in [-0.39, 0.29) is 12.2 Å². The summed E-state index contributed by atoms with van der Waals surface area (Å²) < 4.78 is 6.70. The smallest absolute Gasteiger partial charge is 0.327 e. The van der Waals surface area contributed by atoms with Crippen LogP contribution in [0.2, 0.25) is 0 Å². The van der Waals surface area contributed by atoms with Crippen molar-refractivity contribution in [2.45, 2.75) is 6.92 Å². The predicted molar refractivity (Wildman–Crippen MR) is 101 cm³/mol. The first-order valence-corrected chi connectivity index (χ1v) is 8.92. The molecule has 0 atom stereocenters. The Kier molecular flexibility index (Phi) is 5.72. The summed E-state index contributed by atoms with van der Waals surface area (Å²) in [5, 5.41) is 10.9. The highest BCUT2D eigenvalue weighted by Crippen LogP contribution is 2.23. The zero-order valence-corrected chi connectivity index (χ0v) is 15.3. The van der Waals surface area contributed by atoms with Gasteiger partial charge in [0.15, 0.2) is 5.82 Å². The number of aromatic nitrogens is 2. The van der Waals surface area contributed by atoms with E-state index in [1.807, 2.05) is 34.3 Å². The van der Waals surface area contributed by atoms with Crippen LogP contribution in [0.4, 0.5) is 5.69 Å². The van der Waals surface area contributed by atoms with Crippen molar-refractivity contribution in [3.8, 4) is 17.1 Å². The Morgan fingerprint density at radius 2 is 1.93 bits per heavy atom. The molecule has 9 heteroatoms. The van der Waals surface area contributed by atoms with Gasteiger partial charge in [0.1, 0.15) is 6.54 Å². The Hall–Kier alpha value is -3.33. The molecule has 0 radical (unpaired) electrons. The standard InChI is InChI=1S/C18H16N4O4S/c1-2-26-16(23)12-19-18-20-17(13-6-4-3-5-7-13)21(27-18)14-8-10-15(11-9-14)22(24)25/h3-11H,2,12H2,1H3/b19-18+. The van der Waals surface area contributed by atoms with Gasteiger partial charge in [-0.2, -0.15) is 4.98 Å². The molecule has 3 aromatic rings. The molecule has 0 saturated heterocycles. The summed E-state index contributed by atoms with van der Waals surface area (Å²) in [6.45, 7) is 1.91. The Labute approximate surface area is 158 Å². The van der Waals surface area contributed by atoms with Crippen LogP contribution >= 0.6 is 11.5 Å². The highest BCUT2D eigenvalue weighted by atomic mass is 32.1. The molecule has 0 aliphatic rings. The number of nitro benzene ring substituents is 1. The minimum Gasteiger partial charge on any atom is -0.465 e. The molecule has 0 N–H and O–H groups in total. The van der Waals surface area contributed by atoms with Crippen LogP contribution in [0.15, 0.2) is 59.6 Å². The van der Waals surface area contributed by atoms with E-state index < -0.39 is 10.9 Å². The van der Waals surface area contributed by atoms with Crippen molar-refractivity contribution < 1.29 is 14.5 Å². The molecule has 0 unspecified atom stereocenters. The van der Waals surface area contributed by atoms with E-state index in [0.29, 0.717) is 17.2 Å². The van der Waals surface area contributed by atoms with Crippen molar-refractivity contribution >= 4 is 23.2 Å². The fourth-order valence-corrected chi connectivity index (χ4v) is 3.21. The largest absolute Gasteiger partial charge is 0.465 e. The van der Waals surface area contributed by atoms with Crippen molar-refractivity contribution in [3.05, 3.63) is 69.5 Å². The molecule has 0 bridgehead atoms. The van der Waals surface area contributed by atoms with Crippen LogP contribution in [0.25, 0.3) is 17.1 Å². The molecule has 27 heavy (non-hydrogen) atoms. The quantitative estimate of drug-likeness (QED) is 0.369. The third-order valence-electron chi connectivity index (χ3n) is 3.54. The molecule has 8 nitrogen and oxygen atoms in total. The van der Waals surface area contributed by atoms with Gasteiger partial charge in [-0.1, -0.05) is 30.3 Å². The van der Waals surface area contributed by atoms with Crippen molar-refractivity contribution in [2.75, 3.05) is 13.2 Å². The van der Waals surface area contributed by atoms with Crippen LogP contribution in [0.3, 0.4) is 0 Å². The molecule has 0 saturated carbocycles. The molecule has 138 valence electrons. The van der Waals surface area contributed by atoms with E-state index in [4.69, 9.17) is 4.74 Å². The van der Waals surface area contributed by atoms with Crippen molar-refractivity contribution in [1.82, 2.24) is 8.94 Å². The van der Waals surface area contributed by atoms with Gasteiger partial charge in [-0.05, 0) is 30.6 Å². The molecular weight excluding hydrogens is 368 g/mol. The number of nitrogens with zero attached hydrogens (tertiary/aromatic N) is 4. The first-order valence-electron chi connectivity index (χ1n) is 8.15. The molecule has 0 fully saturated rings. The van der Waals surface area contributed by atoms with Crippen molar-refractivity contribution in [3.63, 3.8) is 0 Å². The third kappa shape index (κ3) is 4.45. The van der Waals surface area contributed by atoms with Crippen LogP contribution in [-0.4, -0.2) is 33.0 Å². The molecule has 2 aromatic carbocycles. The average molecular weight is 384 g/mol. The van der Waals surface area contributed by atoms with Gasteiger partial charge in [0.25, 0.3) is 5.69 Å². The van der Waals surface area contributed by atoms with Gasteiger partial charge in [0, 0.05) is 17.7 Å². The lowest BCUT2D eigenvalue weighted by Crippen LogP contribution is -2.11. The highest BCUT2D eigenvalue weighted by molar-refractivity contribution is 7.04. The highest BCUT2D eigenvalue weighted by Gasteiger charge is 2.13. The van der Waals surface area contributed by atoms with Crippen LogP contribution in [0.5, 0.6) is 0 Å². The number of nitro groups is 1. The van der Waals surface area contributed by atoms with Gasteiger partial charge in [-0.15, -0.1) is 0 Å². The van der Waals surface area contributed by atoms with Crippen LogP contribution in [0.1, 0.15) is 6.92 Å². The van der Waals surface area contributed by atoms with Gasteiger partial charge >= 0.3 is 5.97 Å². The van der Waals surface area contributed by atoms with Crippen molar-refractivity contribution in [2.24, 2.45) is 4.99 Å². The molecule has 0 spiro atoms. The lowest BCUT2D eigenvalue weighted by Gasteiger charge is -2.06. The zero-order chi connectivity index (χ0) is 19.2. The summed E-state index contributed by atoms with van der Waals surface area (Å²) in [7, 11) is 0. The summed E-state index contributed by atoms with van der Waals surface area (Å²) >= 11 is 1.24. The normalized spacial score (nSPS) is 11.4. The number of benzene rings is 2. The second kappa shape index (κ2) is 8.37. The van der Waals surface area contributed by atoms with E-state index in [2.05, 4.69) is 9.98 Å². The van der Waals surface area contributed by atoms with Crippen LogP contribution < -0.4 is 4.80 Å². The maximum Gasteiger partial charge on any atom is 0.327 e. The molecule has 0 aliphatic carbocycles. The summed E-state index contributed by atoms with van der Waals surface area (Å²) in [4.78, 5) is 31.1. The molecule has 0 aliphatic heterocycles. The summed E-state index contributed by atoms with van der Waals surface area (Å²) in [6, 6.07) is 15.7. The topological polar surface area (TPSA) is 99.6 Å². The molecule has 1 aromatic heterocycles. The maximum absolute atomic E-state index is 11.5. The van der Waals surface area contributed by atoms with Gasteiger partial charge < -0.3 is 4.74 Å². The van der Waals surface area contributed by atoms with Gasteiger partial charge in [-0.3, -0.25) is 14.9 Å². The number of ether oxygens (including phenoxy) is 1. The fourth-order valence-electron chi connectivity index (χ4n) is 2.34. The van der Waals surface area contributed by atoms with E-state index in [9.17, 15) is 14.9 Å². The van der Waals surface area contributed by atoms with Gasteiger partial charge in [0.2, 0.25) is 4.80 Å². The first kappa shape index (κ1) is 18.5. The van der Waals surface area contributed by atoms with Crippen LogP contribution in [-0.2, 0) is 9.53 Å². The average Bonchev–Trinajstić information content (AvgIpc) is 3.12. The Morgan fingerprint density at radius 3 is 2.56 bits per heavy atom. The zero-order valence-electron chi connectivity index (χ0n) is 14.4. The first-order chi connectivity index (χ1) is 13.1. The number of rotatable bonds is 6. The number of hydrogen-bond acceptors (Lipinski definition) is 7. The SMILES string of the molecule is CCOC(=O)C/N=c1\nc(-c2ccccc2)n(-c2ccc([N+](=O)[O-])cc2)s1. The number of esters is 1. The summed E-state index contributed by atoms with van der Waals surface area (Å²) in [6.07, 6.45) is 0. The second-order valence-electron chi connectivity index (χ2n) is 5.36. The summed E-state index contributed by atoms with van der Waals surface area (Å²) in [5.74, 6) is 0.216. The number of hydrogen-bond donors (Lipinski definition) is 0. The van der Waals surface area contributed by atoms with Crippen molar-refractivity contribution in [1.29, 1.82) is 0 Å². The Balaban J connectivity index is 2.04. The van der Waals surface area contributed by atoms with E-state index >= 15 is 0 Å².